The third kappa shape index (κ3) is 2.54. The van der Waals surface area contributed by atoms with Gasteiger partial charge in [0.15, 0.2) is 0 Å². The lowest BCUT2D eigenvalue weighted by Crippen LogP contribution is -2.41. The average molecular weight is 287 g/mol. The second kappa shape index (κ2) is 5.12. The zero-order chi connectivity index (χ0) is 14.4. The minimum Gasteiger partial charge on any atom is -0.313 e. The van der Waals surface area contributed by atoms with Crippen LogP contribution in [-0.4, -0.2) is 22.4 Å². The molecule has 0 aliphatic heterocycles. The van der Waals surface area contributed by atoms with E-state index in [1.165, 1.54) is 62.9 Å². The number of nitrogens with zero attached hydrogens (tertiary/aromatic N) is 2. The molecule has 1 N–H and O–H groups in total. The van der Waals surface area contributed by atoms with Gasteiger partial charge in [0.2, 0.25) is 0 Å². The van der Waals surface area contributed by atoms with Gasteiger partial charge >= 0.3 is 0 Å². The Morgan fingerprint density at radius 2 is 2.19 bits per heavy atom. The largest absolute Gasteiger partial charge is 0.313 e. The molecule has 1 heterocycles. The van der Waals surface area contributed by atoms with Crippen LogP contribution >= 0.6 is 0 Å². The molecule has 1 aromatic rings. The van der Waals surface area contributed by atoms with E-state index in [0.29, 0.717) is 5.41 Å². The van der Waals surface area contributed by atoms with Crippen molar-refractivity contribution in [3.63, 3.8) is 0 Å². The average Bonchev–Trinajstić information content (AvgIpc) is 2.95. The fraction of sp³-hybridized carbons (Fsp3) is 0.833. The molecule has 0 radical (unpaired) electrons. The fourth-order valence-corrected chi connectivity index (χ4v) is 4.96. The summed E-state index contributed by atoms with van der Waals surface area (Å²) in [6.45, 7) is 3.44. The Bertz CT molecular complexity index is 517. The highest BCUT2D eigenvalue weighted by atomic mass is 15.3. The summed E-state index contributed by atoms with van der Waals surface area (Å²) in [6.07, 6.45) is 11.0. The molecule has 3 saturated carbocycles. The van der Waals surface area contributed by atoms with Crippen molar-refractivity contribution in [3.8, 4) is 0 Å². The molecule has 1 aromatic heterocycles. The van der Waals surface area contributed by atoms with Crippen LogP contribution in [0.5, 0.6) is 0 Å². The molecule has 0 amide bonds. The molecule has 3 aliphatic rings. The molecule has 0 spiro atoms. The van der Waals surface area contributed by atoms with Crippen molar-refractivity contribution in [3.05, 3.63) is 17.5 Å². The Labute approximate surface area is 128 Å². The Morgan fingerprint density at radius 1 is 1.33 bits per heavy atom. The van der Waals surface area contributed by atoms with Crippen molar-refractivity contribution >= 4 is 0 Å². The molecule has 2 bridgehead atoms. The maximum Gasteiger partial charge on any atom is 0.0624 e. The normalized spacial score (nSPS) is 34.8. The smallest absolute Gasteiger partial charge is 0.0624 e. The quantitative estimate of drug-likeness (QED) is 0.871. The van der Waals surface area contributed by atoms with Crippen molar-refractivity contribution in [1.82, 2.24) is 15.1 Å². The Morgan fingerprint density at radius 3 is 2.76 bits per heavy atom. The van der Waals surface area contributed by atoms with Crippen molar-refractivity contribution in [2.24, 2.45) is 24.3 Å². The summed E-state index contributed by atoms with van der Waals surface area (Å²) in [5.74, 6) is 1.96. The number of hydrogen-bond donors (Lipinski definition) is 1. The number of aromatic nitrogens is 2. The first-order valence-corrected chi connectivity index (χ1v) is 8.94. The van der Waals surface area contributed by atoms with Crippen molar-refractivity contribution < 1.29 is 0 Å². The van der Waals surface area contributed by atoms with Gasteiger partial charge in [-0.25, -0.2) is 0 Å². The second-order valence-corrected chi connectivity index (χ2v) is 7.88. The van der Waals surface area contributed by atoms with E-state index in [4.69, 9.17) is 0 Å². The molecule has 116 valence electrons. The molecule has 0 aromatic carbocycles. The SMILES string of the molecule is CCc1cc(CC2(CNC3CC3)CC3CCC2C3)n(C)n1. The second-order valence-electron chi connectivity index (χ2n) is 7.88. The molecular formula is C18H29N3. The van der Waals surface area contributed by atoms with Crippen LogP contribution in [0, 0.1) is 17.3 Å². The monoisotopic (exact) mass is 287 g/mol. The summed E-state index contributed by atoms with van der Waals surface area (Å²) in [6, 6.07) is 3.18. The Kier molecular flexibility index (Phi) is 3.36. The van der Waals surface area contributed by atoms with Crippen molar-refractivity contribution in [2.45, 2.75) is 64.3 Å². The van der Waals surface area contributed by atoms with E-state index in [1.807, 2.05) is 0 Å². The number of hydrogen-bond acceptors (Lipinski definition) is 2. The van der Waals surface area contributed by atoms with Crippen LogP contribution in [0.25, 0.3) is 0 Å². The topological polar surface area (TPSA) is 29.9 Å². The molecule has 3 unspecified atom stereocenters. The van der Waals surface area contributed by atoms with Crippen LogP contribution in [-0.2, 0) is 19.9 Å². The van der Waals surface area contributed by atoms with Gasteiger partial charge in [-0.1, -0.05) is 13.3 Å². The summed E-state index contributed by atoms with van der Waals surface area (Å²) in [4.78, 5) is 0. The zero-order valence-electron chi connectivity index (χ0n) is 13.6. The van der Waals surface area contributed by atoms with Gasteiger partial charge in [0, 0.05) is 25.3 Å². The molecule has 21 heavy (non-hydrogen) atoms. The maximum absolute atomic E-state index is 4.67. The van der Waals surface area contributed by atoms with Gasteiger partial charge in [0.1, 0.15) is 0 Å². The number of nitrogens with one attached hydrogen (secondary N) is 1. The van der Waals surface area contributed by atoms with Crippen LogP contribution in [0.15, 0.2) is 6.07 Å². The van der Waals surface area contributed by atoms with E-state index >= 15 is 0 Å². The first-order chi connectivity index (χ1) is 10.2. The first-order valence-electron chi connectivity index (χ1n) is 8.94. The Hall–Kier alpha value is -0.830. The van der Waals surface area contributed by atoms with Gasteiger partial charge in [-0.05, 0) is 68.3 Å². The summed E-state index contributed by atoms with van der Waals surface area (Å²) in [7, 11) is 2.13. The van der Waals surface area contributed by atoms with E-state index in [9.17, 15) is 0 Å². The van der Waals surface area contributed by atoms with Gasteiger partial charge in [-0.3, -0.25) is 4.68 Å². The van der Waals surface area contributed by atoms with Crippen LogP contribution in [0.3, 0.4) is 0 Å². The highest BCUT2D eigenvalue weighted by molar-refractivity contribution is 5.15. The van der Waals surface area contributed by atoms with E-state index in [-0.39, 0.29) is 0 Å². The van der Waals surface area contributed by atoms with Crippen LogP contribution in [0.4, 0.5) is 0 Å². The van der Waals surface area contributed by atoms with E-state index < -0.39 is 0 Å². The molecule has 0 saturated heterocycles. The highest BCUT2D eigenvalue weighted by Crippen LogP contribution is 2.57. The Balaban J connectivity index is 1.55. The predicted octanol–water partition coefficient (Wildman–Crippen LogP) is 3.08. The summed E-state index contributed by atoms with van der Waals surface area (Å²) in [5, 5.41) is 8.52. The lowest BCUT2D eigenvalue weighted by molar-refractivity contribution is 0.152. The van der Waals surface area contributed by atoms with Crippen molar-refractivity contribution in [2.75, 3.05) is 6.54 Å². The molecule has 4 rings (SSSR count). The van der Waals surface area contributed by atoms with Crippen molar-refractivity contribution in [1.29, 1.82) is 0 Å². The van der Waals surface area contributed by atoms with Gasteiger partial charge in [-0.2, -0.15) is 5.10 Å². The summed E-state index contributed by atoms with van der Waals surface area (Å²) < 4.78 is 2.14. The molecule has 3 fully saturated rings. The fourth-order valence-electron chi connectivity index (χ4n) is 4.96. The minimum atomic E-state index is 0.518. The van der Waals surface area contributed by atoms with Crippen LogP contribution in [0.2, 0.25) is 0 Å². The minimum absolute atomic E-state index is 0.518. The molecule has 3 nitrogen and oxygen atoms in total. The molecule has 3 atom stereocenters. The standard InChI is InChI=1S/C18H29N3/c1-3-15-9-17(21(2)20-15)11-18(12-19-16-6-7-16)10-13-4-5-14(18)8-13/h9,13-14,16,19H,3-8,10-12H2,1-2H3. The van der Waals surface area contributed by atoms with E-state index in [2.05, 4.69) is 35.1 Å². The van der Waals surface area contributed by atoms with Crippen LogP contribution in [0.1, 0.15) is 56.8 Å². The maximum atomic E-state index is 4.67. The zero-order valence-corrected chi connectivity index (χ0v) is 13.6. The lowest BCUT2D eigenvalue weighted by Gasteiger charge is -2.38. The highest BCUT2D eigenvalue weighted by Gasteiger charge is 2.51. The lowest BCUT2D eigenvalue weighted by atomic mass is 9.70. The van der Waals surface area contributed by atoms with E-state index in [1.54, 1.807) is 0 Å². The van der Waals surface area contributed by atoms with Gasteiger partial charge in [-0.15, -0.1) is 0 Å². The number of fused-ring (bicyclic) bond motifs is 2. The van der Waals surface area contributed by atoms with E-state index in [0.717, 1.165) is 24.3 Å². The first kappa shape index (κ1) is 13.8. The predicted molar refractivity (Wildman–Crippen MR) is 85.2 cm³/mol. The van der Waals surface area contributed by atoms with Gasteiger partial charge < -0.3 is 5.32 Å². The third-order valence-electron chi connectivity index (χ3n) is 6.35. The molecular weight excluding hydrogens is 258 g/mol. The number of aryl methyl sites for hydroxylation is 2. The molecule has 3 aliphatic carbocycles. The summed E-state index contributed by atoms with van der Waals surface area (Å²) in [5.41, 5.74) is 3.22. The third-order valence-corrected chi connectivity index (χ3v) is 6.35. The van der Waals surface area contributed by atoms with Gasteiger partial charge in [0.05, 0.1) is 5.69 Å². The van der Waals surface area contributed by atoms with Gasteiger partial charge in [0.25, 0.3) is 0 Å². The molecule has 3 heteroatoms. The van der Waals surface area contributed by atoms with Crippen LogP contribution < -0.4 is 5.32 Å². The summed E-state index contributed by atoms with van der Waals surface area (Å²) >= 11 is 0. The number of rotatable bonds is 6.